The second-order valence-electron chi connectivity index (χ2n) is 8.60. The average molecular weight is 399 g/mol. The number of hydrogen-bond donors (Lipinski definition) is 0. The second kappa shape index (κ2) is 7.56. The van der Waals surface area contributed by atoms with Crippen LogP contribution in [0.25, 0.3) is 0 Å². The van der Waals surface area contributed by atoms with Gasteiger partial charge in [-0.2, -0.15) is 0 Å². The van der Waals surface area contributed by atoms with Gasteiger partial charge in [-0.1, -0.05) is 35.9 Å². The fraction of sp³-hybridized carbons (Fsp3) is 0.320. The summed E-state index contributed by atoms with van der Waals surface area (Å²) >= 11 is 0. The summed E-state index contributed by atoms with van der Waals surface area (Å²) in [6.45, 7) is 5.30. The fourth-order valence-electron chi connectivity index (χ4n) is 4.84. The van der Waals surface area contributed by atoms with Crippen LogP contribution >= 0.6 is 0 Å². The predicted octanol–water partition coefficient (Wildman–Crippen LogP) is 3.52. The maximum absolute atomic E-state index is 13.0. The molecule has 30 heavy (non-hydrogen) atoms. The lowest BCUT2D eigenvalue weighted by Gasteiger charge is -2.26. The van der Waals surface area contributed by atoms with E-state index in [9.17, 15) is 4.79 Å². The van der Waals surface area contributed by atoms with Gasteiger partial charge in [-0.05, 0) is 42.7 Å². The minimum Gasteiger partial charge on any atom is -0.365 e. The third-order valence-corrected chi connectivity index (χ3v) is 6.40. The summed E-state index contributed by atoms with van der Waals surface area (Å²) in [5.41, 5.74) is 5.73. The Morgan fingerprint density at radius 1 is 1.03 bits per heavy atom. The Balaban J connectivity index is 1.34. The molecule has 1 aromatic carbocycles. The molecule has 0 saturated carbocycles. The van der Waals surface area contributed by atoms with E-state index in [4.69, 9.17) is 4.98 Å². The van der Waals surface area contributed by atoms with Crippen LogP contribution in [-0.4, -0.2) is 40.4 Å². The van der Waals surface area contributed by atoms with E-state index in [1.54, 1.807) is 6.20 Å². The van der Waals surface area contributed by atoms with Crippen LogP contribution in [0.2, 0.25) is 0 Å². The summed E-state index contributed by atoms with van der Waals surface area (Å²) in [7, 11) is 0. The number of nitrogens with zero attached hydrogens (tertiary/aromatic N) is 4. The molecular weight excluding hydrogens is 372 g/mol. The minimum absolute atomic E-state index is 0.0816. The molecule has 5 rings (SSSR count). The van der Waals surface area contributed by atoms with Gasteiger partial charge in [-0.3, -0.25) is 14.8 Å². The molecule has 0 aliphatic carbocycles. The summed E-state index contributed by atoms with van der Waals surface area (Å²) in [6.07, 6.45) is 7.03. The van der Waals surface area contributed by atoms with Gasteiger partial charge < -0.3 is 9.80 Å². The van der Waals surface area contributed by atoms with E-state index in [1.165, 1.54) is 16.8 Å². The zero-order chi connectivity index (χ0) is 20.6. The number of aromatic nitrogens is 2. The molecular formula is C25H26N4O. The van der Waals surface area contributed by atoms with Crippen molar-refractivity contribution in [2.24, 2.45) is 0 Å². The van der Waals surface area contributed by atoms with E-state index < -0.39 is 0 Å². The number of benzene rings is 1. The van der Waals surface area contributed by atoms with Crippen LogP contribution in [0.3, 0.4) is 0 Å². The largest absolute Gasteiger partial charge is 0.365 e. The van der Waals surface area contributed by atoms with Crippen molar-refractivity contribution < 1.29 is 4.79 Å². The monoisotopic (exact) mass is 398 g/mol. The molecule has 2 aromatic heterocycles. The third kappa shape index (κ3) is 3.45. The Morgan fingerprint density at radius 3 is 2.67 bits per heavy atom. The van der Waals surface area contributed by atoms with Gasteiger partial charge in [-0.25, -0.2) is 0 Å². The first-order valence-electron chi connectivity index (χ1n) is 10.6. The Morgan fingerprint density at radius 2 is 1.87 bits per heavy atom. The van der Waals surface area contributed by atoms with Crippen LogP contribution < -0.4 is 4.90 Å². The molecule has 2 aliphatic rings. The molecule has 152 valence electrons. The highest BCUT2D eigenvalue weighted by Crippen LogP contribution is 2.45. The molecule has 1 fully saturated rings. The molecule has 0 unspecified atom stereocenters. The van der Waals surface area contributed by atoms with E-state index in [2.05, 4.69) is 53.2 Å². The topological polar surface area (TPSA) is 49.3 Å². The summed E-state index contributed by atoms with van der Waals surface area (Å²) in [5, 5.41) is 0. The number of pyridine rings is 2. The van der Waals surface area contributed by atoms with E-state index >= 15 is 0 Å². The first-order chi connectivity index (χ1) is 14.6. The van der Waals surface area contributed by atoms with Crippen molar-refractivity contribution in [3.63, 3.8) is 0 Å². The number of carbonyl (C=O) groups excluding carboxylic acids is 1. The van der Waals surface area contributed by atoms with Gasteiger partial charge in [0.15, 0.2) is 0 Å². The molecule has 1 saturated heterocycles. The maximum atomic E-state index is 13.0. The smallest absolute Gasteiger partial charge is 0.227 e. The fourth-order valence-corrected chi connectivity index (χ4v) is 4.84. The third-order valence-electron chi connectivity index (χ3n) is 6.40. The molecule has 1 amide bonds. The average Bonchev–Trinajstić information content (AvgIpc) is 3.33. The zero-order valence-corrected chi connectivity index (χ0v) is 17.3. The van der Waals surface area contributed by atoms with Crippen LogP contribution in [-0.2, 0) is 23.2 Å². The highest BCUT2D eigenvalue weighted by molar-refractivity contribution is 5.79. The number of rotatable bonds is 4. The molecule has 0 N–H and O–H groups in total. The number of aryl methyl sites for hydroxylation is 1. The van der Waals surface area contributed by atoms with Crippen molar-refractivity contribution in [3.05, 3.63) is 89.5 Å². The Bertz CT molecular complexity index is 1050. The van der Waals surface area contributed by atoms with Gasteiger partial charge >= 0.3 is 0 Å². The van der Waals surface area contributed by atoms with Crippen LogP contribution in [0, 0.1) is 6.92 Å². The lowest BCUT2D eigenvalue weighted by atomic mass is 9.85. The molecule has 2 aliphatic heterocycles. The van der Waals surface area contributed by atoms with Crippen LogP contribution in [0.4, 0.5) is 5.69 Å². The maximum Gasteiger partial charge on any atom is 0.227 e. The highest BCUT2D eigenvalue weighted by atomic mass is 16.2. The van der Waals surface area contributed by atoms with Crippen LogP contribution in [0.5, 0.6) is 0 Å². The SMILES string of the molecule is Cc1ccc(CC(=O)N2CC[C@@]3(C2)CN(Cc2cccnc2)c2cccnc23)cc1. The molecule has 3 aromatic rings. The molecule has 1 spiro atoms. The number of likely N-dealkylation sites (tertiary alicyclic amines) is 1. The Hall–Kier alpha value is -3.21. The number of hydrogen-bond acceptors (Lipinski definition) is 4. The van der Waals surface area contributed by atoms with Crippen molar-refractivity contribution in [2.45, 2.75) is 31.7 Å². The molecule has 0 radical (unpaired) electrons. The van der Waals surface area contributed by atoms with Gasteiger partial charge in [-0.15, -0.1) is 0 Å². The standard InChI is InChI=1S/C25H26N4O/c1-19-6-8-20(9-7-19)14-23(30)28-13-10-25(17-28)18-29(16-21-4-2-11-26-15-21)22-5-3-12-27-24(22)25/h2-9,11-12,15H,10,13-14,16-18H2,1H3/t25-/m1/s1. The van der Waals surface area contributed by atoms with Crippen LogP contribution in [0.15, 0.2) is 67.1 Å². The van der Waals surface area contributed by atoms with Gasteiger partial charge in [0.05, 0.1) is 23.2 Å². The molecule has 4 heterocycles. The van der Waals surface area contributed by atoms with Crippen molar-refractivity contribution in [1.82, 2.24) is 14.9 Å². The number of fused-ring (bicyclic) bond motifs is 2. The first kappa shape index (κ1) is 18.8. The van der Waals surface area contributed by atoms with Gasteiger partial charge in [0.1, 0.15) is 0 Å². The first-order valence-corrected chi connectivity index (χ1v) is 10.6. The molecule has 5 heteroatoms. The second-order valence-corrected chi connectivity index (χ2v) is 8.60. The molecule has 1 atom stereocenters. The van der Waals surface area contributed by atoms with Gasteiger partial charge in [0, 0.05) is 44.8 Å². The van der Waals surface area contributed by atoms with Crippen molar-refractivity contribution in [3.8, 4) is 0 Å². The van der Waals surface area contributed by atoms with Crippen LogP contribution in [0.1, 0.15) is 28.8 Å². The molecule has 5 nitrogen and oxygen atoms in total. The van der Waals surface area contributed by atoms with E-state index in [0.29, 0.717) is 6.42 Å². The van der Waals surface area contributed by atoms with Gasteiger partial charge in [0.2, 0.25) is 5.91 Å². The van der Waals surface area contributed by atoms with Crippen molar-refractivity contribution >= 4 is 11.6 Å². The number of anilines is 1. The number of amides is 1. The molecule has 0 bridgehead atoms. The highest BCUT2D eigenvalue weighted by Gasteiger charge is 2.49. The number of carbonyl (C=O) groups is 1. The van der Waals surface area contributed by atoms with Crippen molar-refractivity contribution in [1.29, 1.82) is 0 Å². The van der Waals surface area contributed by atoms with E-state index in [1.807, 2.05) is 29.4 Å². The van der Waals surface area contributed by atoms with Gasteiger partial charge in [0.25, 0.3) is 0 Å². The van der Waals surface area contributed by atoms with E-state index in [-0.39, 0.29) is 11.3 Å². The minimum atomic E-state index is -0.0816. The normalized spacial score (nSPS) is 20.0. The quantitative estimate of drug-likeness (QED) is 0.675. The zero-order valence-electron chi connectivity index (χ0n) is 17.3. The Kier molecular flexibility index (Phi) is 4.74. The predicted molar refractivity (Wildman–Crippen MR) is 117 cm³/mol. The summed E-state index contributed by atoms with van der Waals surface area (Å²) in [6, 6.07) is 16.5. The summed E-state index contributed by atoms with van der Waals surface area (Å²) in [4.78, 5) is 26.5. The lowest BCUT2D eigenvalue weighted by molar-refractivity contribution is -0.129. The summed E-state index contributed by atoms with van der Waals surface area (Å²) in [5.74, 6) is 0.207. The van der Waals surface area contributed by atoms with Crippen molar-refractivity contribution in [2.75, 3.05) is 24.5 Å². The Labute approximate surface area is 177 Å². The summed E-state index contributed by atoms with van der Waals surface area (Å²) < 4.78 is 0. The lowest BCUT2D eigenvalue weighted by Crippen LogP contribution is -2.38. The van der Waals surface area contributed by atoms with E-state index in [0.717, 1.165) is 43.9 Å².